The highest BCUT2D eigenvalue weighted by Crippen LogP contribution is 1.95. The molecule has 3 N–H and O–H groups in total. The summed E-state index contributed by atoms with van der Waals surface area (Å²) in [5.41, 5.74) is 7.02. The van der Waals surface area contributed by atoms with Crippen LogP contribution in [0, 0.1) is 0 Å². The predicted molar refractivity (Wildman–Crippen MR) is 56.6 cm³/mol. The lowest BCUT2D eigenvalue weighted by Crippen LogP contribution is -2.15. The van der Waals surface area contributed by atoms with Crippen molar-refractivity contribution >= 4 is 0 Å². The van der Waals surface area contributed by atoms with Crippen molar-refractivity contribution in [1.29, 1.82) is 0 Å². The summed E-state index contributed by atoms with van der Waals surface area (Å²) >= 11 is 0. The lowest BCUT2D eigenvalue weighted by atomic mass is 10.3. The molecule has 0 saturated carbocycles. The Balaban J connectivity index is 0. The van der Waals surface area contributed by atoms with E-state index in [1.807, 2.05) is 20.8 Å². The van der Waals surface area contributed by atoms with Gasteiger partial charge in [0, 0.05) is 6.54 Å². The molecule has 0 aliphatic rings. The number of likely N-dealkylation sites (N-methyl/N-ethyl adjacent to an activating group) is 1. The van der Waals surface area contributed by atoms with Gasteiger partial charge in [0.15, 0.2) is 0 Å². The van der Waals surface area contributed by atoms with Gasteiger partial charge in [0.05, 0.1) is 11.4 Å². The Labute approximate surface area is 75.9 Å². The van der Waals surface area contributed by atoms with Crippen LogP contribution in [0.15, 0.2) is 36.7 Å². The molecule has 0 aromatic carbocycles. The number of rotatable bonds is 4. The van der Waals surface area contributed by atoms with Gasteiger partial charge in [0.2, 0.25) is 0 Å². The van der Waals surface area contributed by atoms with Crippen molar-refractivity contribution in [2.75, 3.05) is 6.54 Å². The quantitative estimate of drug-likeness (QED) is 0.631. The molecule has 0 amide bonds. The van der Waals surface area contributed by atoms with E-state index in [9.17, 15) is 0 Å². The first kappa shape index (κ1) is 13.4. The lowest BCUT2D eigenvalue weighted by Gasteiger charge is -2.04. The number of allylic oxidation sites excluding steroid dienone is 2. The molecule has 2 heteroatoms. The Kier molecular flexibility index (Phi) is 11.0. The second-order valence-corrected chi connectivity index (χ2v) is 1.81. The second kappa shape index (κ2) is 9.82. The van der Waals surface area contributed by atoms with Crippen LogP contribution in [0.4, 0.5) is 0 Å². The summed E-state index contributed by atoms with van der Waals surface area (Å²) in [5, 5.41) is 3.05. The molecule has 0 fully saturated rings. The highest BCUT2D eigenvalue weighted by Gasteiger charge is 1.90. The first-order valence-electron chi connectivity index (χ1n) is 4.24. The molecule has 70 valence electrons. The van der Waals surface area contributed by atoms with Crippen LogP contribution < -0.4 is 11.1 Å². The monoisotopic (exact) mass is 168 g/mol. The predicted octanol–water partition coefficient (Wildman–Crippen LogP) is 2.16. The van der Waals surface area contributed by atoms with Gasteiger partial charge in [0.1, 0.15) is 0 Å². The van der Waals surface area contributed by atoms with Crippen LogP contribution in [0.3, 0.4) is 0 Å². The highest BCUT2D eigenvalue weighted by atomic mass is 14.9. The third-order valence-electron chi connectivity index (χ3n) is 1.10. The minimum atomic E-state index is 0.636. The van der Waals surface area contributed by atoms with Crippen molar-refractivity contribution in [2.24, 2.45) is 5.73 Å². The molecule has 0 aromatic rings. The fraction of sp³-hybridized carbons (Fsp3) is 0.400. The molecule has 0 heterocycles. The molecule has 0 aliphatic carbocycles. The van der Waals surface area contributed by atoms with Crippen molar-refractivity contribution in [3.05, 3.63) is 36.7 Å². The third-order valence-corrected chi connectivity index (χ3v) is 1.10. The van der Waals surface area contributed by atoms with E-state index in [-0.39, 0.29) is 0 Å². The Morgan fingerprint density at radius 1 is 1.33 bits per heavy atom. The van der Waals surface area contributed by atoms with E-state index < -0.39 is 0 Å². The molecular weight excluding hydrogens is 148 g/mol. The summed E-state index contributed by atoms with van der Waals surface area (Å²) in [4.78, 5) is 0. The van der Waals surface area contributed by atoms with Gasteiger partial charge in [-0.2, -0.15) is 0 Å². The Morgan fingerprint density at radius 3 is 2.08 bits per heavy atom. The van der Waals surface area contributed by atoms with E-state index >= 15 is 0 Å². The van der Waals surface area contributed by atoms with Gasteiger partial charge in [-0.3, -0.25) is 0 Å². The zero-order chi connectivity index (χ0) is 9.98. The fourth-order valence-corrected chi connectivity index (χ4v) is 0.592. The third kappa shape index (κ3) is 5.59. The summed E-state index contributed by atoms with van der Waals surface area (Å²) in [7, 11) is 0. The molecule has 12 heavy (non-hydrogen) atoms. The smallest absolute Gasteiger partial charge is 0.0567 e. The van der Waals surface area contributed by atoms with E-state index in [0.29, 0.717) is 5.70 Å². The molecule has 0 aliphatic heterocycles. The number of nitrogens with one attached hydrogen (secondary N) is 1. The van der Waals surface area contributed by atoms with Crippen LogP contribution in [0.25, 0.3) is 0 Å². The van der Waals surface area contributed by atoms with Gasteiger partial charge >= 0.3 is 0 Å². The highest BCUT2D eigenvalue weighted by molar-refractivity contribution is 5.27. The Bertz CT molecular complexity index is 157. The SMILES string of the molecule is C=C/C(N)=C(\C=C)NCC.CC. The first-order chi connectivity index (χ1) is 5.76. The molecule has 0 bridgehead atoms. The first-order valence-corrected chi connectivity index (χ1v) is 4.24. The van der Waals surface area contributed by atoms with E-state index in [0.717, 1.165) is 12.2 Å². The largest absolute Gasteiger partial charge is 0.397 e. The minimum absolute atomic E-state index is 0.636. The van der Waals surface area contributed by atoms with Crippen molar-refractivity contribution in [3.63, 3.8) is 0 Å². The lowest BCUT2D eigenvalue weighted by molar-refractivity contribution is 0.867. The number of hydrogen-bond donors (Lipinski definition) is 2. The van der Waals surface area contributed by atoms with Gasteiger partial charge in [-0.1, -0.05) is 27.0 Å². The van der Waals surface area contributed by atoms with Crippen molar-refractivity contribution in [3.8, 4) is 0 Å². The second-order valence-electron chi connectivity index (χ2n) is 1.81. The van der Waals surface area contributed by atoms with Crippen molar-refractivity contribution in [1.82, 2.24) is 5.32 Å². The molecule has 2 nitrogen and oxygen atoms in total. The van der Waals surface area contributed by atoms with Crippen LogP contribution in [-0.4, -0.2) is 6.54 Å². The molecule has 0 unspecified atom stereocenters. The van der Waals surface area contributed by atoms with Crippen molar-refractivity contribution in [2.45, 2.75) is 20.8 Å². The van der Waals surface area contributed by atoms with Gasteiger partial charge in [0.25, 0.3) is 0 Å². The van der Waals surface area contributed by atoms with E-state index in [1.54, 1.807) is 12.2 Å². The summed E-state index contributed by atoms with van der Waals surface area (Å²) in [6.45, 7) is 14.0. The maximum atomic E-state index is 5.54. The standard InChI is InChI=1S/C8H14N2.C2H6/c1-4-7(9)8(5-2)10-6-3;1-2/h4-5,10H,1-2,6,9H2,3H3;1-2H3/b8-7-;. The number of nitrogens with two attached hydrogens (primary N) is 1. The number of hydrogen-bond acceptors (Lipinski definition) is 2. The minimum Gasteiger partial charge on any atom is -0.397 e. The topological polar surface area (TPSA) is 38.0 Å². The Morgan fingerprint density at radius 2 is 1.83 bits per heavy atom. The summed E-state index contributed by atoms with van der Waals surface area (Å²) < 4.78 is 0. The molecule has 0 saturated heterocycles. The summed E-state index contributed by atoms with van der Waals surface area (Å²) in [6, 6.07) is 0. The zero-order valence-corrected chi connectivity index (χ0v) is 8.35. The molecule has 0 rings (SSSR count). The van der Waals surface area contributed by atoms with Crippen LogP contribution >= 0.6 is 0 Å². The van der Waals surface area contributed by atoms with Gasteiger partial charge in [-0.25, -0.2) is 0 Å². The van der Waals surface area contributed by atoms with E-state index in [2.05, 4.69) is 18.5 Å². The molecule has 0 radical (unpaired) electrons. The van der Waals surface area contributed by atoms with Gasteiger partial charge in [-0.05, 0) is 19.1 Å². The van der Waals surface area contributed by atoms with Gasteiger partial charge < -0.3 is 11.1 Å². The molecular formula is C10H20N2. The van der Waals surface area contributed by atoms with E-state index in [1.165, 1.54) is 0 Å². The van der Waals surface area contributed by atoms with Crippen LogP contribution in [0.5, 0.6) is 0 Å². The average Bonchev–Trinajstić information content (AvgIpc) is 2.16. The molecule has 0 spiro atoms. The van der Waals surface area contributed by atoms with Crippen LogP contribution in [-0.2, 0) is 0 Å². The maximum absolute atomic E-state index is 5.54. The van der Waals surface area contributed by atoms with Crippen LogP contribution in [0.1, 0.15) is 20.8 Å². The maximum Gasteiger partial charge on any atom is 0.0567 e. The normalized spacial score (nSPS) is 10.2. The van der Waals surface area contributed by atoms with Gasteiger partial charge in [-0.15, -0.1) is 0 Å². The zero-order valence-electron chi connectivity index (χ0n) is 8.35. The molecule has 0 atom stereocenters. The van der Waals surface area contributed by atoms with Crippen LogP contribution in [0.2, 0.25) is 0 Å². The Hall–Kier alpha value is -1.18. The fourth-order valence-electron chi connectivity index (χ4n) is 0.592. The van der Waals surface area contributed by atoms with Crippen molar-refractivity contribution < 1.29 is 0 Å². The molecule has 0 aromatic heterocycles. The summed E-state index contributed by atoms with van der Waals surface area (Å²) in [5.74, 6) is 0. The average molecular weight is 168 g/mol. The van der Waals surface area contributed by atoms with E-state index in [4.69, 9.17) is 5.73 Å². The summed E-state index contributed by atoms with van der Waals surface area (Å²) in [6.07, 6.45) is 3.28.